The molecule has 6 heteroatoms. The summed E-state index contributed by atoms with van der Waals surface area (Å²) in [5.74, 6) is 0. The minimum absolute atomic E-state index is 0.198. The van der Waals surface area contributed by atoms with Gasteiger partial charge in [-0.2, -0.15) is 5.10 Å². The number of aryl methyl sites for hydroxylation is 2. The fourth-order valence-electron chi connectivity index (χ4n) is 3.40. The molecule has 21 heavy (non-hydrogen) atoms. The maximum absolute atomic E-state index is 12.6. The summed E-state index contributed by atoms with van der Waals surface area (Å²) < 4.78 is 2.00. The van der Waals surface area contributed by atoms with Gasteiger partial charge < -0.3 is 15.1 Å². The third-order valence-corrected chi connectivity index (χ3v) is 4.51. The van der Waals surface area contributed by atoms with Crippen molar-refractivity contribution in [3.8, 4) is 0 Å². The summed E-state index contributed by atoms with van der Waals surface area (Å²) in [6, 6.07) is 2.70. The molecule has 0 saturated carbocycles. The molecule has 2 aliphatic heterocycles. The van der Waals surface area contributed by atoms with Gasteiger partial charge in [-0.25, -0.2) is 4.79 Å². The Labute approximate surface area is 126 Å². The number of urea groups is 1. The Balaban J connectivity index is 1.66. The summed E-state index contributed by atoms with van der Waals surface area (Å²) >= 11 is 0. The van der Waals surface area contributed by atoms with Gasteiger partial charge in [0.2, 0.25) is 0 Å². The van der Waals surface area contributed by atoms with Crippen molar-refractivity contribution in [3.05, 3.63) is 17.5 Å². The number of hydrogen-bond donors (Lipinski definition) is 1. The fourth-order valence-corrected chi connectivity index (χ4v) is 3.40. The summed E-state index contributed by atoms with van der Waals surface area (Å²) in [5, 5.41) is 7.82. The van der Waals surface area contributed by atoms with Crippen LogP contribution < -0.4 is 5.32 Å². The lowest BCUT2D eigenvalue weighted by atomic mass is 10.1. The van der Waals surface area contributed by atoms with Crippen molar-refractivity contribution in [2.75, 3.05) is 26.2 Å². The molecule has 3 heterocycles. The van der Waals surface area contributed by atoms with E-state index in [0.717, 1.165) is 57.0 Å². The van der Waals surface area contributed by atoms with Crippen molar-refractivity contribution in [1.29, 1.82) is 0 Å². The highest BCUT2D eigenvalue weighted by Gasteiger charge is 2.34. The summed E-state index contributed by atoms with van der Waals surface area (Å²) in [5.41, 5.74) is 2.16. The molecule has 0 aliphatic carbocycles. The van der Waals surface area contributed by atoms with E-state index in [1.165, 1.54) is 0 Å². The Morgan fingerprint density at radius 1 is 1.33 bits per heavy atom. The molecule has 0 unspecified atom stereocenters. The second kappa shape index (κ2) is 6.05. The molecule has 1 N–H and O–H groups in total. The average Bonchev–Trinajstić information content (AvgIpc) is 3.04. The molecular formula is C15H25N5O. The first-order valence-corrected chi connectivity index (χ1v) is 7.98. The second-order valence-corrected chi connectivity index (χ2v) is 5.97. The van der Waals surface area contributed by atoms with E-state index in [4.69, 9.17) is 0 Å². The maximum atomic E-state index is 12.6. The monoisotopic (exact) mass is 291 g/mol. The van der Waals surface area contributed by atoms with E-state index in [0.29, 0.717) is 12.6 Å². The highest BCUT2D eigenvalue weighted by atomic mass is 16.2. The third kappa shape index (κ3) is 2.90. The smallest absolute Gasteiger partial charge is 0.320 e. The Morgan fingerprint density at radius 3 is 2.81 bits per heavy atom. The van der Waals surface area contributed by atoms with Crippen LogP contribution in [0.1, 0.15) is 31.2 Å². The SMILES string of the molecule is CCn1nc(C)cc1CN1CCN(C2CCNCC2)C1=O. The van der Waals surface area contributed by atoms with Gasteiger partial charge >= 0.3 is 6.03 Å². The van der Waals surface area contributed by atoms with Gasteiger partial charge in [0.05, 0.1) is 17.9 Å². The minimum atomic E-state index is 0.198. The summed E-state index contributed by atoms with van der Waals surface area (Å²) in [6.07, 6.45) is 2.15. The number of carbonyl (C=O) groups is 1. The van der Waals surface area contributed by atoms with Gasteiger partial charge in [-0.05, 0) is 45.8 Å². The Hall–Kier alpha value is -1.56. The van der Waals surface area contributed by atoms with Crippen LogP contribution in [0, 0.1) is 6.92 Å². The van der Waals surface area contributed by atoms with Crippen molar-refractivity contribution in [1.82, 2.24) is 24.9 Å². The average molecular weight is 291 g/mol. The van der Waals surface area contributed by atoms with Crippen LogP contribution in [-0.2, 0) is 13.1 Å². The molecule has 1 aromatic rings. The van der Waals surface area contributed by atoms with E-state index in [2.05, 4.69) is 28.3 Å². The fraction of sp³-hybridized carbons (Fsp3) is 0.733. The number of hydrogen-bond acceptors (Lipinski definition) is 3. The minimum Gasteiger partial charge on any atom is -0.320 e. The van der Waals surface area contributed by atoms with Crippen molar-refractivity contribution in [3.63, 3.8) is 0 Å². The highest BCUT2D eigenvalue weighted by Crippen LogP contribution is 2.20. The molecule has 0 radical (unpaired) electrons. The van der Waals surface area contributed by atoms with Crippen molar-refractivity contribution < 1.29 is 4.79 Å². The van der Waals surface area contributed by atoms with Crippen LogP contribution in [0.5, 0.6) is 0 Å². The second-order valence-electron chi connectivity index (χ2n) is 5.97. The van der Waals surface area contributed by atoms with Crippen molar-refractivity contribution in [2.24, 2.45) is 0 Å². The van der Waals surface area contributed by atoms with Crippen LogP contribution in [0.25, 0.3) is 0 Å². The van der Waals surface area contributed by atoms with Gasteiger partial charge in [0.1, 0.15) is 0 Å². The predicted octanol–water partition coefficient (Wildman–Crippen LogP) is 1.20. The van der Waals surface area contributed by atoms with Crippen LogP contribution in [0.3, 0.4) is 0 Å². The molecule has 0 bridgehead atoms. The Kier molecular flexibility index (Phi) is 4.14. The first-order valence-electron chi connectivity index (χ1n) is 7.98. The molecule has 3 rings (SSSR count). The Bertz CT molecular complexity index is 506. The van der Waals surface area contributed by atoms with E-state index in [1.807, 2.05) is 16.5 Å². The zero-order valence-electron chi connectivity index (χ0n) is 13.0. The maximum Gasteiger partial charge on any atom is 0.320 e. The van der Waals surface area contributed by atoms with Gasteiger partial charge in [0.25, 0.3) is 0 Å². The van der Waals surface area contributed by atoms with E-state index in [1.54, 1.807) is 0 Å². The van der Waals surface area contributed by atoms with Gasteiger partial charge in [0, 0.05) is 25.7 Å². The summed E-state index contributed by atoms with van der Waals surface area (Å²) in [6.45, 7) is 9.36. The van der Waals surface area contributed by atoms with Gasteiger partial charge in [-0.1, -0.05) is 0 Å². The van der Waals surface area contributed by atoms with Crippen LogP contribution in [-0.4, -0.2) is 57.8 Å². The van der Waals surface area contributed by atoms with Crippen LogP contribution in [0.4, 0.5) is 4.79 Å². The molecule has 0 aromatic carbocycles. The molecular weight excluding hydrogens is 266 g/mol. The standard InChI is InChI=1S/C15H25N5O/c1-3-20-14(10-12(2)17-20)11-18-8-9-19(15(18)21)13-4-6-16-7-5-13/h10,13,16H,3-9,11H2,1-2H3. The number of carbonyl (C=O) groups excluding carboxylic acids is 1. The molecule has 0 spiro atoms. The van der Waals surface area contributed by atoms with Gasteiger partial charge in [0.15, 0.2) is 0 Å². The quantitative estimate of drug-likeness (QED) is 0.907. The molecule has 116 valence electrons. The van der Waals surface area contributed by atoms with E-state index in [-0.39, 0.29) is 6.03 Å². The van der Waals surface area contributed by atoms with Crippen LogP contribution in [0.15, 0.2) is 6.07 Å². The number of nitrogens with zero attached hydrogens (tertiary/aromatic N) is 4. The zero-order valence-corrected chi connectivity index (χ0v) is 13.0. The van der Waals surface area contributed by atoms with Crippen molar-refractivity contribution >= 4 is 6.03 Å². The first-order chi connectivity index (χ1) is 10.2. The number of aromatic nitrogens is 2. The molecule has 2 saturated heterocycles. The van der Waals surface area contributed by atoms with E-state index >= 15 is 0 Å². The normalized spacial score (nSPS) is 20.6. The molecule has 2 amide bonds. The lowest BCUT2D eigenvalue weighted by Gasteiger charge is -2.31. The molecule has 6 nitrogen and oxygen atoms in total. The third-order valence-electron chi connectivity index (χ3n) is 4.51. The lowest BCUT2D eigenvalue weighted by molar-refractivity contribution is 0.164. The summed E-state index contributed by atoms with van der Waals surface area (Å²) in [4.78, 5) is 16.7. The summed E-state index contributed by atoms with van der Waals surface area (Å²) in [7, 11) is 0. The van der Waals surface area contributed by atoms with E-state index < -0.39 is 0 Å². The predicted molar refractivity (Wildman–Crippen MR) is 81.0 cm³/mol. The van der Waals surface area contributed by atoms with Crippen LogP contribution >= 0.6 is 0 Å². The number of rotatable bonds is 4. The molecule has 2 aliphatic rings. The topological polar surface area (TPSA) is 53.4 Å². The van der Waals surface area contributed by atoms with Crippen molar-refractivity contribution in [2.45, 2.75) is 45.8 Å². The van der Waals surface area contributed by atoms with Crippen LogP contribution in [0.2, 0.25) is 0 Å². The number of nitrogens with one attached hydrogen (secondary N) is 1. The Morgan fingerprint density at radius 2 is 2.10 bits per heavy atom. The number of piperidine rings is 1. The van der Waals surface area contributed by atoms with E-state index in [9.17, 15) is 4.79 Å². The highest BCUT2D eigenvalue weighted by molar-refractivity contribution is 5.76. The molecule has 1 aromatic heterocycles. The first kappa shape index (κ1) is 14.4. The van der Waals surface area contributed by atoms with Gasteiger partial charge in [-0.15, -0.1) is 0 Å². The molecule has 2 fully saturated rings. The lowest BCUT2D eigenvalue weighted by Crippen LogP contribution is -2.45. The number of amides is 2. The largest absolute Gasteiger partial charge is 0.320 e. The zero-order chi connectivity index (χ0) is 14.8. The van der Waals surface area contributed by atoms with Gasteiger partial charge in [-0.3, -0.25) is 4.68 Å². The molecule has 0 atom stereocenters.